The van der Waals surface area contributed by atoms with E-state index in [2.05, 4.69) is 31.3 Å². The van der Waals surface area contributed by atoms with Crippen molar-refractivity contribution in [1.82, 2.24) is 5.32 Å². The lowest BCUT2D eigenvalue weighted by Crippen LogP contribution is -2.45. The summed E-state index contributed by atoms with van der Waals surface area (Å²) in [6.07, 6.45) is 74.0. The zero-order chi connectivity index (χ0) is 51.4. The van der Waals surface area contributed by atoms with Gasteiger partial charge in [0.25, 0.3) is 0 Å². The van der Waals surface area contributed by atoms with E-state index in [1.54, 1.807) is 0 Å². The molecule has 3 N–H and O–H groups in total. The molecule has 1 amide bonds. The van der Waals surface area contributed by atoms with Gasteiger partial charge in [-0.15, -0.1) is 0 Å². The molecule has 0 aromatic rings. The average Bonchev–Trinajstić information content (AvgIpc) is 3.37. The van der Waals surface area contributed by atoms with Crippen LogP contribution in [0.15, 0.2) is 12.2 Å². The highest BCUT2D eigenvalue weighted by molar-refractivity contribution is 5.76. The number of rotatable bonds is 61. The third-order valence-corrected chi connectivity index (χ3v) is 15.3. The second-order valence-corrected chi connectivity index (χ2v) is 22.5. The molecule has 0 spiro atoms. The number of aliphatic hydroxyl groups excluding tert-OH is 2. The highest BCUT2D eigenvalue weighted by Gasteiger charge is 2.20. The number of ether oxygens (including phenoxy) is 1. The van der Waals surface area contributed by atoms with Gasteiger partial charge in [-0.25, -0.2) is 0 Å². The summed E-state index contributed by atoms with van der Waals surface area (Å²) in [5, 5.41) is 23.2. The Balaban J connectivity index is 3.32. The van der Waals surface area contributed by atoms with Crippen LogP contribution in [0.1, 0.15) is 367 Å². The maximum absolute atomic E-state index is 12.4. The Morgan fingerprint density at radius 1 is 0.380 bits per heavy atom. The second-order valence-electron chi connectivity index (χ2n) is 22.5. The van der Waals surface area contributed by atoms with Gasteiger partial charge in [0.1, 0.15) is 0 Å². The van der Waals surface area contributed by atoms with Crippen LogP contribution in [0.3, 0.4) is 0 Å². The predicted octanol–water partition coefficient (Wildman–Crippen LogP) is 20.4. The Morgan fingerprint density at radius 3 is 1.00 bits per heavy atom. The van der Waals surface area contributed by atoms with Crippen LogP contribution >= 0.6 is 0 Å². The monoisotopic (exact) mass is 1000 g/mol. The van der Waals surface area contributed by atoms with Gasteiger partial charge >= 0.3 is 5.97 Å². The Hall–Kier alpha value is -1.40. The van der Waals surface area contributed by atoms with E-state index >= 15 is 0 Å². The summed E-state index contributed by atoms with van der Waals surface area (Å²) >= 11 is 0. The topological polar surface area (TPSA) is 95.9 Å². The highest BCUT2D eigenvalue weighted by Crippen LogP contribution is 2.18. The summed E-state index contributed by atoms with van der Waals surface area (Å²) in [6, 6.07) is -0.537. The van der Waals surface area contributed by atoms with Crippen molar-refractivity contribution in [3.63, 3.8) is 0 Å². The molecule has 0 rings (SSSR count). The molecule has 0 aromatic carbocycles. The number of carbonyl (C=O) groups excluding carboxylic acids is 2. The molecule has 0 aliphatic carbocycles. The molecule has 0 heterocycles. The molecule has 0 aliphatic heterocycles. The summed E-state index contributed by atoms with van der Waals surface area (Å²) < 4.78 is 5.48. The molecular formula is C65H127NO5. The smallest absolute Gasteiger partial charge is 0.305 e. The van der Waals surface area contributed by atoms with Gasteiger partial charge < -0.3 is 20.3 Å². The first kappa shape index (κ1) is 69.6. The van der Waals surface area contributed by atoms with Gasteiger partial charge in [0.05, 0.1) is 25.4 Å². The predicted molar refractivity (Wildman–Crippen MR) is 310 cm³/mol. The van der Waals surface area contributed by atoms with Crippen LogP contribution < -0.4 is 5.32 Å². The van der Waals surface area contributed by atoms with Crippen LogP contribution in [0.4, 0.5) is 0 Å². The third kappa shape index (κ3) is 57.7. The van der Waals surface area contributed by atoms with E-state index in [0.717, 1.165) is 38.5 Å². The minimum Gasteiger partial charge on any atom is -0.466 e. The fourth-order valence-electron chi connectivity index (χ4n) is 10.3. The lowest BCUT2D eigenvalue weighted by Gasteiger charge is -2.22. The van der Waals surface area contributed by atoms with Gasteiger partial charge in [-0.3, -0.25) is 9.59 Å². The molecule has 2 atom stereocenters. The number of nitrogens with one attached hydrogen (secondary N) is 1. The third-order valence-electron chi connectivity index (χ3n) is 15.3. The molecule has 422 valence electrons. The zero-order valence-corrected chi connectivity index (χ0v) is 48.2. The number of carbonyl (C=O) groups is 2. The molecule has 0 bridgehead atoms. The molecular weight excluding hydrogens is 875 g/mol. The number of allylic oxidation sites excluding steroid dienone is 2. The van der Waals surface area contributed by atoms with Crippen molar-refractivity contribution in [2.24, 2.45) is 0 Å². The Labute approximate surface area is 444 Å². The Bertz CT molecular complexity index is 1060. The molecule has 0 aliphatic rings. The first-order valence-electron chi connectivity index (χ1n) is 32.4. The van der Waals surface area contributed by atoms with Crippen molar-refractivity contribution >= 4 is 11.9 Å². The Morgan fingerprint density at radius 2 is 0.662 bits per heavy atom. The van der Waals surface area contributed by atoms with Gasteiger partial charge in [0, 0.05) is 12.8 Å². The lowest BCUT2D eigenvalue weighted by molar-refractivity contribution is -0.143. The maximum Gasteiger partial charge on any atom is 0.305 e. The van der Waals surface area contributed by atoms with E-state index in [1.807, 2.05) is 0 Å². The van der Waals surface area contributed by atoms with Crippen LogP contribution in [0.25, 0.3) is 0 Å². The van der Waals surface area contributed by atoms with Crippen molar-refractivity contribution in [2.45, 2.75) is 379 Å². The lowest BCUT2D eigenvalue weighted by atomic mass is 10.0. The summed E-state index contributed by atoms with van der Waals surface area (Å²) in [5.41, 5.74) is 0. The fourth-order valence-corrected chi connectivity index (χ4v) is 10.3. The van der Waals surface area contributed by atoms with Crippen molar-refractivity contribution in [3.05, 3.63) is 12.2 Å². The van der Waals surface area contributed by atoms with Crippen LogP contribution in [-0.4, -0.2) is 47.4 Å². The molecule has 2 unspecified atom stereocenters. The van der Waals surface area contributed by atoms with E-state index in [1.165, 1.54) is 295 Å². The summed E-state index contributed by atoms with van der Waals surface area (Å²) in [6.45, 7) is 4.96. The molecule has 6 heteroatoms. The SMILES string of the molecule is CCCCCCCCCCCCCCC(=O)OCCCCCCCCCCCCCC/C=C\CCCCCCCCCCCCCCCCCCC(=O)NC(CO)C(O)CCCCCCCCCCCC. The van der Waals surface area contributed by atoms with Gasteiger partial charge in [0.2, 0.25) is 5.91 Å². The largest absolute Gasteiger partial charge is 0.466 e. The first-order chi connectivity index (χ1) is 35.0. The van der Waals surface area contributed by atoms with Crippen molar-refractivity contribution < 1.29 is 24.5 Å². The van der Waals surface area contributed by atoms with E-state index in [-0.39, 0.29) is 18.5 Å². The van der Waals surface area contributed by atoms with Gasteiger partial charge in [0.15, 0.2) is 0 Å². The first-order valence-corrected chi connectivity index (χ1v) is 32.4. The van der Waals surface area contributed by atoms with E-state index in [4.69, 9.17) is 4.74 Å². The van der Waals surface area contributed by atoms with Crippen LogP contribution in [-0.2, 0) is 14.3 Å². The average molecular weight is 1000 g/mol. The minimum atomic E-state index is -0.659. The number of amides is 1. The normalized spacial score (nSPS) is 12.6. The quantitative estimate of drug-likeness (QED) is 0.0320. The number of hydrogen-bond acceptors (Lipinski definition) is 5. The molecule has 0 radical (unpaired) electrons. The summed E-state index contributed by atoms with van der Waals surface area (Å²) in [4.78, 5) is 24.5. The van der Waals surface area contributed by atoms with Crippen molar-refractivity contribution in [3.8, 4) is 0 Å². The van der Waals surface area contributed by atoms with Crippen LogP contribution in [0, 0.1) is 0 Å². The summed E-state index contributed by atoms with van der Waals surface area (Å²) in [5.74, 6) is -0.0129. The number of unbranched alkanes of at least 4 members (excludes halogenated alkanes) is 48. The number of hydrogen-bond donors (Lipinski definition) is 3. The molecule has 0 aromatic heterocycles. The number of aliphatic hydroxyl groups is 2. The van der Waals surface area contributed by atoms with E-state index in [0.29, 0.717) is 25.9 Å². The molecule has 0 saturated heterocycles. The Kier molecular flexibility index (Phi) is 59.9. The molecule has 0 saturated carbocycles. The fraction of sp³-hybridized carbons (Fsp3) is 0.938. The molecule has 71 heavy (non-hydrogen) atoms. The second kappa shape index (κ2) is 61.1. The van der Waals surface area contributed by atoms with Crippen LogP contribution in [0.2, 0.25) is 0 Å². The van der Waals surface area contributed by atoms with Crippen molar-refractivity contribution in [2.75, 3.05) is 13.2 Å². The molecule has 0 fully saturated rings. The van der Waals surface area contributed by atoms with Gasteiger partial charge in [-0.1, -0.05) is 315 Å². The standard InChI is InChI=1S/C65H127NO5/c1-3-5-7-9-11-13-15-39-43-47-51-55-59-65(70)71-60-56-52-48-44-40-37-35-33-31-29-27-25-23-21-19-17-16-18-20-22-24-26-28-30-32-34-36-38-42-46-50-54-58-64(69)66-62(61-67)63(68)57-53-49-45-41-14-12-10-8-6-4-2/h19,21,62-63,67-68H,3-18,20,22-61H2,1-2H3,(H,66,69)/b21-19-. The minimum absolute atomic E-state index is 0.0194. The molecule has 6 nitrogen and oxygen atoms in total. The van der Waals surface area contributed by atoms with E-state index in [9.17, 15) is 19.8 Å². The highest BCUT2D eigenvalue weighted by atomic mass is 16.5. The summed E-state index contributed by atoms with van der Waals surface area (Å²) in [7, 11) is 0. The van der Waals surface area contributed by atoms with Crippen LogP contribution in [0.5, 0.6) is 0 Å². The number of esters is 1. The van der Waals surface area contributed by atoms with Gasteiger partial charge in [-0.2, -0.15) is 0 Å². The van der Waals surface area contributed by atoms with E-state index < -0.39 is 12.1 Å². The zero-order valence-electron chi connectivity index (χ0n) is 48.2. The van der Waals surface area contributed by atoms with Gasteiger partial charge in [-0.05, 0) is 51.4 Å². The maximum atomic E-state index is 12.4. The van der Waals surface area contributed by atoms with Crippen molar-refractivity contribution in [1.29, 1.82) is 0 Å².